The van der Waals surface area contributed by atoms with Crippen LogP contribution in [0, 0.1) is 12.7 Å². The number of halogens is 1. The van der Waals surface area contributed by atoms with Crippen LogP contribution in [-0.4, -0.2) is 11.7 Å². The Kier molecular flexibility index (Phi) is 2.85. The lowest BCUT2D eigenvalue weighted by Gasteiger charge is -2.14. The summed E-state index contributed by atoms with van der Waals surface area (Å²) in [6.45, 7) is 1.93. The third-order valence-electron chi connectivity index (χ3n) is 2.01. The maximum absolute atomic E-state index is 12.9. The zero-order valence-corrected chi connectivity index (χ0v) is 7.42. The zero-order chi connectivity index (χ0) is 10.0. The van der Waals surface area contributed by atoms with Crippen molar-refractivity contribution >= 4 is 0 Å². The average molecular weight is 184 g/mol. The van der Waals surface area contributed by atoms with Crippen molar-refractivity contribution in [2.24, 2.45) is 11.5 Å². The lowest BCUT2D eigenvalue weighted by Crippen LogP contribution is -2.22. The third kappa shape index (κ3) is 1.79. The van der Waals surface area contributed by atoms with Gasteiger partial charge in [0.15, 0.2) is 11.6 Å². The van der Waals surface area contributed by atoms with Gasteiger partial charge in [0.1, 0.15) is 0 Å². The monoisotopic (exact) mass is 184 g/mol. The van der Waals surface area contributed by atoms with Gasteiger partial charge >= 0.3 is 0 Å². The molecule has 4 heteroatoms. The highest BCUT2D eigenvalue weighted by atomic mass is 19.1. The summed E-state index contributed by atoms with van der Waals surface area (Å²) in [4.78, 5) is 0. The molecule has 0 aliphatic rings. The number of aromatic hydroxyl groups is 1. The fourth-order valence-corrected chi connectivity index (χ4v) is 1.27. The van der Waals surface area contributed by atoms with Crippen LogP contribution in [0.1, 0.15) is 17.2 Å². The third-order valence-corrected chi connectivity index (χ3v) is 2.01. The van der Waals surface area contributed by atoms with Gasteiger partial charge in [0.2, 0.25) is 0 Å². The Bertz CT molecular complexity index is 315. The lowest BCUT2D eigenvalue weighted by molar-refractivity contribution is 0.420. The molecular weight excluding hydrogens is 171 g/mol. The molecule has 0 saturated heterocycles. The Morgan fingerprint density at radius 3 is 2.69 bits per heavy atom. The number of aryl methyl sites for hydroxylation is 1. The molecule has 0 aliphatic heterocycles. The molecule has 3 nitrogen and oxygen atoms in total. The summed E-state index contributed by atoms with van der Waals surface area (Å²) in [5, 5.41) is 9.37. The molecule has 0 unspecified atom stereocenters. The van der Waals surface area contributed by atoms with Gasteiger partial charge in [-0.15, -0.1) is 0 Å². The van der Waals surface area contributed by atoms with Crippen LogP contribution in [0.5, 0.6) is 5.75 Å². The smallest absolute Gasteiger partial charge is 0.165 e. The number of hydrogen-bond donors (Lipinski definition) is 3. The fraction of sp³-hybridized carbons (Fsp3) is 0.333. The maximum Gasteiger partial charge on any atom is 0.165 e. The average Bonchev–Trinajstić information content (AvgIpc) is 2.12. The minimum Gasteiger partial charge on any atom is -0.505 e. The van der Waals surface area contributed by atoms with Crippen molar-refractivity contribution in [2.45, 2.75) is 13.0 Å². The Morgan fingerprint density at radius 1 is 1.54 bits per heavy atom. The van der Waals surface area contributed by atoms with Gasteiger partial charge in [-0.1, -0.05) is 6.07 Å². The van der Waals surface area contributed by atoms with Gasteiger partial charge in [-0.3, -0.25) is 0 Å². The van der Waals surface area contributed by atoms with Crippen LogP contribution < -0.4 is 11.5 Å². The number of nitrogens with two attached hydrogens (primary N) is 2. The minimum absolute atomic E-state index is 0.178. The summed E-state index contributed by atoms with van der Waals surface area (Å²) < 4.78 is 12.9. The van der Waals surface area contributed by atoms with Gasteiger partial charge in [-0.05, 0) is 18.6 Å². The molecule has 0 radical (unpaired) electrons. The van der Waals surface area contributed by atoms with Gasteiger partial charge < -0.3 is 16.6 Å². The second-order valence-corrected chi connectivity index (χ2v) is 2.97. The molecule has 1 aromatic rings. The largest absolute Gasteiger partial charge is 0.505 e. The minimum atomic E-state index is -0.662. The molecule has 0 amide bonds. The molecular formula is C9H13FN2O. The predicted molar refractivity (Wildman–Crippen MR) is 48.8 cm³/mol. The van der Waals surface area contributed by atoms with Crippen LogP contribution in [0.25, 0.3) is 0 Å². The summed E-state index contributed by atoms with van der Waals surface area (Å²) in [7, 11) is 0. The molecule has 0 bridgehead atoms. The van der Waals surface area contributed by atoms with Gasteiger partial charge in [0, 0.05) is 18.2 Å². The second kappa shape index (κ2) is 3.72. The molecule has 0 aromatic heterocycles. The van der Waals surface area contributed by atoms with E-state index in [1.807, 2.05) is 0 Å². The molecule has 1 rings (SSSR count). The van der Waals surface area contributed by atoms with Crippen LogP contribution >= 0.6 is 0 Å². The van der Waals surface area contributed by atoms with Crippen LogP contribution in [0.4, 0.5) is 4.39 Å². The Hall–Kier alpha value is -1.13. The van der Waals surface area contributed by atoms with Crippen molar-refractivity contribution in [1.29, 1.82) is 0 Å². The summed E-state index contributed by atoms with van der Waals surface area (Å²) in [6, 6.07) is 2.26. The number of phenols is 1. The van der Waals surface area contributed by atoms with E-state index in [9.17, 15) is 9.50 Å². The van der Waals surface area contributed by atoms with E-state index in [0.29, 0.717) is 5.56 Å². The SMILES string of the molecule is Cc1ccc(F)c(O)c1[C@@H](N)CN. The molecule has 0 fully saturated rings. The molecule has 0 spiro atoms. The molecule has 72 valence electrons. The van der Waals surface area contributed by atoms with Crippen molar-refractivity contribution in [1.82, 2.24) is 0 Å². The fourth-order valence-electron chi connectivity index (χ4n) is 1.27. The van der Waals surface area contributed by atoms with E-state index >= 15 is 0 Å². The standard InChI is InChI=1S/C9H13FN2O/c1-5-2-3-6(10)9(13)8(5)7(12)4-11/h2-3,7,13H,4,11-12H2,1H3/t7-/m0/s1. The first-order chi connectivity index (χ1) is 6.07. The van der Waals surface area contributed by atoms with Crippen molar-refractivity contribution in [3.63, 3.8) is 0 Å². The number of rotatable bonds is 2. The van der Waals surface area contributed by atoms with E-state index < -0.39 is 17.6 Å². The quantitative estimate of drug-likeness (QED) is 0.636. The van der Waals surface area contributed by atoms with E-state index in [1.165, 1.54) is 6.07 Å². The molecule has 1 aromatic carbocycles. The molecule has 13 heavy (non-hydrogen) atoms. The summed E-state index contributed by atoms with van der Waals surface area (Å²) in [5.74, 6) is -1.05. The first-order valence-electron chi connectivity index (χ1n) is 4.01. The van der Waals surface area contributed by atoms with E-state index in [1.54, 1.807) is 13.0 Å². The normalized spacial score (nSPS) is 12.9. The van der Waals surface area contributed by atoms with Crippen molar-refractivity contribution in [2.75, 3.05) is 6.54 Å². The van der Waals surface area contributed by atoms with Crippen LogP contribution in [0.2, 0.25) is 0 Å². The Labute approximate surface area is 76.2 Å². The van der Waals surface area contributed by atoms with E-state index in [4.69, 9.17) is 11.5 Å². The predicted octanol–water partition coefficient (Wildman–Crippen LogP) is 0.798. The van der Waals surface area contributed by atoms with E-state index in [2.05, 4.69) is 0 Å². The molecule has 1 atom stereocenters. The second-order valence-electron chi connectivity index (χ2n) is 2.97. The zero-order valence-electron chi connectivity index (χ0n) is 7.42. The summed E-state index contributed by atoms with van der Waals surface area (Å²) in [5.41, 5.74) is 12.1. The first kappa shape index (κ1) is 9.95. The number of benzene rings is 1. The first-order valence-corrected chi connectivity index (χ1v) is 4.01. The number of hydrogen-bond acceptors (Lipinski definition) is 3. The Morgan fingerprint density at radius 2 is 2.15 bits per heavy atom. The number of phenolic OH excluding ortho intramolecular Hbond substituents is 1. The van der Waals surface area contributed by atoms with Crippen molar-refractivity contribution < 1.29 is 9.50 Å². The van der Waals surface area contributed by atoms with E-state index in [-0.39, 0.29) is 6.54 Å². The van der Waals surface area contributed by atoms with Gasteiger partial charge in [-0.25, -0.2) is 4.39 Å². The van der Waals surface area contributed by atoms with E-state index in [0.717, 1.165) is 5.56 Å². The highest BCUT2D eigenvalue weighted by Crippen LogP contribution is 2.28. The summed E-state index contributed by atoms with van der Waals surface area (Å²) >= 11 is 0. The lowest BCUT2D eigenvalue weighted by atomic mass is 10.0. The van der Waals surface area contributed by atoms with Crippen LogP contribution in [0.3, 0.4) is 0 Å². The van der Waals surface area contributed by atoms with Crippen LogP contribution in [-0.2, 0) is 0 Å². The maximum atomic E-state index is 12.9. The van der Waals surface area contributed by atoms with Crippen molar-refractivity contribution in [3.8, 4) is 5.75 Å². The van der Waals surface area contributed by atoms with Crippen LogP contribution in [0.15, 0.2) is 12.1 Å². The summed E-state index contributed by atoms with van der Waals surface area (Å²) in [6.07, 6.45) is 0. The van der Waals surface area contributed by atoms with Crippen molar-refractivity contribution in [3.05, 3.63) is 29.1 Å². The highest BCUT2D eigenvalue weighted by Gasteiger charge is 2.15. The highest BCUT2D eigenvalue weighted by molar-refractivity contribution is 5.42. The molecule has 5 N–H and O–H groups in total. The van der Waals surface area contributed by atoms with Gasteiger partial charge in [0.05, 0.1) is 0 Å². The molecule has 0 heterocycles. The Balaban J connectivity index is 3.25. The van der Waals surface area contributed by atoms with Gasteiger partial charge in [-0.2, -0.15) is 0 Å². The van der Waals surface area contributed by atoms with Gasteiger partial charge in [0.25, 0.3) is 0 Å². The molecule has 0 aliphatic carbocycles. The topological polar surface area (TPSA) is 72.3 Å². The molecule has 0 saturated carbocycles.